The lowest BCUT2D eigenvalue weighted by molar-refractivity contribution is 0.433. The smallest absolute Gasteiger partial charge is 0.170 e. The molecule has 1 saturated heterocycles. The number of nitrogens with two attached hydrogens (primary N) is 1. The Morgan fingerprint density at radius 2 is 2.09 bits per heavy atom. The summed E-state index contributed by atoms with van der Waals surface area (Å²) in [5.41, 5.74) is 9.61. The first-order valence-electron chi connectivity index (χ1n) is 10.6. The Balaban J connectivity index is 1.44. The average molecular weight is 464 g/mol. The number of phenols is 1. The molecule has 0 amide bonds. The van der Waals surface area contributed by atoms with E-state index >= 15 is 0 Å². The average Bonchev–Trinajstić information content (AvgIpc) is 2.83. The quantitative estimate of drug-likeness (QED) is 0.404. The van der Waals surface area contributed by atoms with Crippen LogP contribution in [0.2, 0.25) is 5.02 Å². The molecule has 1 aliphatic heterocycles. The fraction of sp³-hybridized carbons (Fsp3) is 0.208. The molecular weight excluding hydrogens is 443 g/mol. The van der Waals surface area contributed by atoms with Gasteiger partial charge >= 0.3 is 0 Å². The third-order valence-electron chi connectivity index (χ3n) is 5.63. The van der Waals surface area contributed by atoms with E-state index in [2.05, 4.69) is 31.2 Å². The largest absolute Gasteiger partial charge is 0.504 e. The van der Waals surface area contributed by atoms with Crippen LogP contribution in [0.5, 0.6) is 5.75 Å². The Labute approximate surface area is 195 Å². The predicted octanol–water partition coefficient (Wildman–Crippen LogP) is 4.66. The van der Waals surface area contributed by atoms with E-state index in [4.69, 9.17) is 17.3 Å². The van der Waals surface area contributed by atoms with E-state index in [1.807, 2.05) is 12.1 Å². The highest BCUT2D eigenvalue weighted by molar-refractivity contribution is 6.32. The zero-order chi connectivity index (χ0) is 22.9. The summed E-state index contributed by atoms with van der Waals surface area (Å²) >= 11 is 5.94. The molecule has 3 aromatic heterocycles. The standard InChI is InChI=1S/C24H21ClFN6O/c25-17-10-14(11-18(26)24(17)33)19-4-5-20-23(31-19)21(7-8-28-20)30-16-3-6-22(29-12-16)32-9-1-2-15(27)13-32/h3-6,8,10-12,15,33H,1-2,9,13,27H2,(H,28,30). The highest BCUT2D eigenvalue weighted by Crippen LogP contribution is 2.33. The highest BCUT2D eigenvalue weighted by Gasteiger charge is 2.18. The number of aromatic hydroxyl groups is 1. The molecule has 0 aliphatic carbocycles. The molecule has 0 saturated carbocycles. The second-order valence-electron chi connectivity index (χ2n) is 8.01. The zero-order valence-electron chi connectivity index (χ0n) is 17.6. The molecule has 4 heterocycles. The number of pyridine rings is 3. The minimum Gasteiger partial charge on any atom is -0.504 e. The Morgan fingerprint density at radius 1 is 1.21 bits per heavy atom. The molecule has 1 radical (unpaired) electrons. The van der Waals surface area contributed by atoms with Crippen molar-refractivity contribution in [1.82, 2.24) is 15.0 Å². The van der Waals surface area contributed by atoms with Crippen molar-refractivity contribution in [2.75, 3.05) is 23.3 Å². The van der Waals surface area contributed by atoms with E-state index < -0.39 is 11.6 Å². The maximum absolute atomic E-state index is 14.0. The summed E-state index contributed by atoms with van der Waals surface area (Å²) in [7, 11) is 0. The Hall–Kier alpha value is -3.49. The SMILES string of the molecule is NC1CCCN(c2ccc(Nc3[c]cnc4ccc(-c5cc(F)c(O)c(Cl)c5)nc34)cn2)C1. The fourth-order valence-electron chi connectivity index (χ4n) is 3.95. The van der Waals surface area contributed by atoms with Crippen LogP contribution < -0.4 is 16.0 Å². The molecule has 4 aromatic rings. The molecular formula is C24H21ClFN6O. The van der Waals surface area contributed by atoms with Gasteiger partial charge in [-0.1, -0.05) is 11.6 Å². The maximum atomic E-state index is 14.0. The number of rotatable bonds is 4. The molecule has 33 heavy (non-hydrogen) atoms. The van der Waals surface area contributed by atoms with Crippen LogP contribution in [-0.2, 0) is 0 Å². The molecule has 5 rings (SSSR count). The molecule has 1 aromatic carbocycles. The van der Waals surface area contributed by atoms with Crippen LogP contribution in [0, 0.1) is 11.9 Å². The molecule has 4 N–H and O–H groups in total. The Morgan fingerprint density at radius 3 is 2.85 bits per heavy atom. The van der Waals surface area contributed by atoms with Gasteiger partial charge in [-0.05, 0) is 49.2 Å². The van der Waals surface area contributed by atoms with Crippen molar-refractivity contribution in [1.29, 1.82) is 0 Å². The van der Waals surface area contributed by atoms with Crippen LogP contribution >= 0.6 is 11.6 Å². The van der Waals surface area contributed by atoms with Gasteiger partial charge in [0.15, 0.2) is 11.6 Å². The predicted molar refractivity (Wildman–Crippen MR) is 127 cm³/mol. The topological polar surface area (TPSA) is 100 Å². The monoisotopic (exact) mass is 463 g/mol. The van der Waals surface area contributed by atoms with Gasteiger partial charge in [0.2, 0.25) is 0 Å². The second-order valence-corrected chi connectivity index (χ2v) is 8.42. The minimum absolute atomic E-state index is 0.0798. The van der Waals surface area contributed by atoms with Gasteiger partial charge in [0.1, 0.15) is 11.3 Å². The number of benzene rings is 1. The van der Waals surface area contributed by atoms with Crippen molar-refractivity contribution in [2.24, 2.45) is 5.73 Å². The van der Waals surface area contributed by atoms with Crippen LogP contribution in [0.15, 0.2) is 48.8 Å². The molecule has 1 atom stereocenters. The number of piperidine rings is 1. The molecule has 1 aliphatic rings. The van der Waals surface area contributed by atoms with Crippen LogP contribution in [0.1, 0.15) is 12.8 Å². The number of halogens is 2. The van der Waals surface area contributed by atoms with Crippen molar-refractivity contribution >= 4 is 39.8 Å². The van der Waals surface area contributed by atoms with Crippen molar-refractivity contribution in [2.45, 2.75) is 18.9 Å². The number of phenolic OH excluding ortho intramolecular Hbond substituents is 1. The van der Waals surface area contributed by atoms with Gasteiger partial charge in [-0.15, -0.1) is 0 Å². The van der Waals surface area contributed by atoms with Crippen molar-refractivity contribution < 1.29 is 9.50 Å². The summed E-state index contributed by atoms with van der Waals surface area (Å²) < 4.78 is 14.0. The minimum atomic E-state index is -0.809. The summed E-state index contributed by atoms with van der Waals surface area (Å²) in [5.74, 6) is -0.497. The summed E-state index contributed by atoms with van der Waals surface area (Å²) in [5, 5.41) is 12.8. The first-order valence-corrected chi connectivity index (χ1v) is 10.9. The summed E-state index contributed by atoms with van der Waals surface area (Å²) in [4.78, 5) is 15.7. The molecule has 0 spiro atoms. The van der Waals surface area contributed by atoms with E-state index in [1.54, 1.807) is 24.5 Å². The van der Waals surface area contributed by atoms with E-state index in [0.717, 1.165) is 37.4 Å². The number of aromatic nitrogens is 3. The van der Waals surface area contributed by atoms with Gasteiger partial charge in [-0.25, -0.2) is 14.4 Å². The number of anilines is 3. The normalized spacial score (nSPS) is 16.2. The van der Waals surface area contributed by atoms with E-state index in [1.165, 1.54) is 12.1 Å². The fourth-order valence-corrected chi connectivity index (χ4v) is 4.16. The molecule has 9 heteroatoms. The van der Waals surface area contributed by atoms with Gasteiger partial charge in [0, 0.05) is 37.0 Å². The molecule has 167 valence electrons. The van der Waals surface area contributed by atoms with Crippen LogP contribution in [0.25, 0.3) is 22.3 Å². The highest BCUT2D eigenvalue weighted by atomic mass is 35.5. The first kappa shape index (κ1) is 21.4. The number of nitrogens with one attached hydrogen (secondary N) is 1. The van der Waals surface area contributed by atoms with Crippen LogP contribution in [-0.4, -0.2) is 39.2 Å². The lowest BCUT2D eigenvalue weighted by Crippen LogP contribution is -2.43. The van der Waals surface area contributed by atoms with E-state index in [-0.39, 0.29) is 11.1 Å². The Bertz CT molecular complexity index is 1290. The molecule has 1 fully saturated rings. The second kappa shape index (κ2) is 8.80. The summed E-state index contributed by atoms with van der Waals surface area (Å²) in [6.45, 7) is 1.75. The lowest BCUT2D eigenvalue weighted by Gasteiger charge is -2.31. The Kier molecular flexibility index (Phi) is 5.70. The molecule has 7 nitrogen and oxygen atoms in total. The number of hydrogen-bond donors (Lipinski definition) is 3. The number of fused-ring (bicyclic) bond motifs is 1. The van der Waals surface area contributed by atoms with E-state index in [0.29, 0.717) is 28.0 Å². The summed E-state index contributed by atoms with van der Waals surface area (Å²) in [6.07, 6.45) is 5.43. The van der Waals surface area contributed by atoms with E-state index in [9.17, 15) is 9.50 Å². The van der Waals surface area contributed by atoms with Crippen LogP contribution in [0.3, 0.4) is 0 Å². The van der Waals surface area contributed by atoms with Crippen molar-refractivity contribution in [3.05, 3.63) is 65.7 Å². The van der Waals surface area contributed by atoms with Crippen LogP contribution in [0.4, 0.5) is 21.6 Å². The molecule has 0 bridgehead atoms. The van der Waals surface area contributed by atoms with Gasteiger partial charge in [0.25, 0.3) is 0 Å². The van der Waals surface area contributed by atoms with Gasteiger partial charge in [-0.3, -0.25) is 4.98 Å². The molecule has 1 unspecified atom stereocenters. The maximum Gasteiger partial charge on any atom is 0.170 e. The van der Waals surface area contributed by atoms with Crippen molar-refractivity contribution in [3.63, 3.8) is 0 Å². The third kappa shape index (κ3) is 4.40. The van der Waals surface area contributed by atoms with Gasteiger partial charge in [-0.2, -0.15) is 0 Å². The van der Waals surface area contributed by atoms with Crippen molar-refractivity contribution in [3.8, 4) is 17.0 Å². The lowest BCUT2D eigenvalue weighted by atomic mass is 10.1. The first-order chi connectivity index (χ1) is 16.0. The number of nitrogens with zero attached hydrogens (tertiary/aromatic N) is 4. The van der Waals surface area contributed by atoms with Gasteiger partial charge in [0.05, 0.1) is 33.8 Å². The summed E-state index contributed by atoms with van der Waals surface area (Å²) in [6, 6.07) is 13.3. The number of hydrogen-bond acceptors (Lipinski definition) is 7. The van der Waals surface area contributed by atoms with Gasteiger partial charge < -0.3 is 21.1 Å². The third-order valence-corrected chi connectivity index (χ3v) is 5.92. The zero-order valence-corrected chi connectivity index (χ0v) is 18.3.